The molecule has 0 bridgehead atoms. The average Bonchev–Trinajstić information content (AvgIpc) is 2.88. The summed E-state index contributed by atoms with van der Waals surface area (Å²) >= 11 is 0. The Balaban J connectivity index is 1.67. The molecule has 2 heterocycles. The van der Waals surface area contributed by atoms with E-state index in [1.165, 1.54) is 13.1 Å². The van der Waals surface area contributed by atoms with E-state index in [0.717, 1.165) is 18.4 Å². The quantitative estimate of drug-likeness (QED) is 0.253. The molecule has 3 aromatic rings. The molecule has 0 spiro atoms. The second kappa shape index (κ2) is 13.5. The van der Waals surface area contributed by atoms with Crippen molar-refractivity contribution in [3.63, 3.8) is 0 Å². The van der Waals surface area contributed by atoms with Crippen molar-refractivity contribution in [1.29, 1.82) is 0 Å². The summed E-state index contributed by atoms with van der Waals surface area (Å²) < 4.78 is 0. The number of aromatic nitrogens is 3. The van der Waals surface area contributed by atoms with Crippen LogP contribution in [0.3, 0.4) is 0 Å². The fourth-order valence-corrected chi connectivity index (χ4v) is 3.37. The monoisotopic (exact) mass is 504 g/mol. The largest absolute Gasteiger partial charge is 0.369 e. The molecule has 0 aliphatic carbocycles. The third-order valence-electron chi connectivity index (χ3n) is 5.22. The van der Waals surface area contributed by atoms with Crippen molar-refractivity contribution in [3.05, 3.63) is 66.1 Å². The number of amides is 3. The van der Waals surface area contributed by atoms with Gasteiger partial charge in [-0.25, -0.2) is 4.98 Å². The van der Waals surface area contributed by atoms with Crippen LogP contribution in [-0.2, 0) is 16.0 Å². The zero-order chi connectivity index (χ0) is 26.6. The van der Waals surface area contributed by atoms with Crippen molar-refractivity contribution in [3.8, 4) is 0 Å². The van der Waals surface area contributed by atoms with Crippen molar-refractivity contribution in [2.45, 2.75) is 39.7 Å². The second-order valence-corrected chi connectivity index (χ2v) is 8.36. The van der Waals surface area contributed by atoms with Gasteiger partial charge >= 0.3 is 0 Å². The Kier molecular flexibility index (Phi) is 9.89. The summed E-state index contributed by atoms with van der Waals surface area (Å²) in [6.07, 6.45) is 6.62. The topological polar surface area (TPSA) is 150 Å². The van der Waals surface area contributed by atoms with Crippen molar-refractivity contribution in [2.24, 2.45) is 0 Å². The molecule has 1 atom stereocenters. The highest BCUT2D eigenvalue weighted by Gasteiger charge is 2.17. The normalized spacial score (nSPS) is 11.2. The van der Waals surface area contributed by atoms with E-state index < -0.39 is 11.9 Å². The lowest BCUT2D eigenvalue weighted by atomic mass is 10.2. The maximum atomic E-state index is 13.1. The number of pyridine rings is 1. The molecule has 0 aliphatic rings. The van der Waals surface area contributed by atoms with Gasteiger partial charge in [-0.15, -0.1) is 0 Å². The van der Waals surface area contributed by atoms with Gasteiger partial charge in [0.05, 0.1) is 0 Å². The summed E-state index contributed by atoms with van der Waals surface area (Å²) in [7, 11) is 0. The number of carbonyl (C=O) groups is 3. The summed E-state index contributed by atoms with van der Waals surface area (Å²) in [6.45, 7) is 6.22. The summed E-state index contributed by atoms with van der Waals surface area (Å²) in [5.74, 6) is -0.216. The number of anilines is 4. The molecule has 0 radical (unpaired) electrons. The molecule has 0 saturated heterocycles. The molecule has 2 aromatic heterocycles. The summed E-state index contributed by atoms with van der Waals surface area (Å²) in [4.78, 5) is 49.4. The molecule has 3 rings (SSSR count). The molecule has 0 saturated carbocycles. The Morgan fingerprint density at radius 1 is 0.973 bits per heavy atom. The van der Waals surface area contributed by atoms with Gasteiger partial charge in [-0.05, 0) is 55.7 Å². The van der Waals surface area contributed by atoms with Gasteiger partial charge in [-0.1, -0.05) is 13.0 Å². The standard InChI is InChI=1S/C26H32N8O3/c1-4-11-28-23-22(16-30-26(34-23)29-14-10-19-8-12-27-13-9-19)25(37)33-21-7-5-6-20(15-21)32-24(36)17(2)31-18(3)35/h5-9,12-13,15-17H,4,10-11,14H2,1-3H3,(H,31,35)(H,32,36)(H,33,37)(H2,28,29,30,34)/t17-/m0/s1. The van der Waals surface area contributed by atoms with Crippen LogP contribution in [0.15, 0.2) is 55.0 Å². The Bertz CT molecular complexity index is 1220. The SMILES string of the molecule is CCCNc1nc(NCCc2ccncc2)ncc1C(=O)Nc1cccc(NC(=O)[C@H](C)NC(C)=O)c1. The lowest BCUT2D eigenvalue weighted by Gasteiger charge is -2.15. The van der Waals surface area contributed by atoms with Crippen LogP contribution in [0.2, 0.25) is 0 Å². The zero-order valence-corrected chi connectivity index (χ0v) is 21.2. The van der Waals surface area contributed by atoms with Crippen LogP contribution in [0.4, 0.5) is 23.1 Å². The minimum absolute atomic E-state index is 0.293. The van der Waals surface area contributed by atoms with Crippen molar-refractivity contribution >= 4 is 40.9 Å². The smallest absolute Gasteiger partial charge is 0.260 e. The van der Waals surface area contributed by atoms with E-state index in [9.17, 15) is 14.4 Å². The van der Waals surface area contributed by atoms with Gasteiger partial charge < -0.3 is 26.6 Å². The summed E-state index contributed by atoms with van der Waals surface area (Å²) in [5, 5.41) is 14.5. The predicted molar refractivity (Wildman–Crippen MR) is 144 cm³/mol. The highest BCUT2D eigenvalue weighted by molar-refractivity contribution is 6.07. The molecular formula is C26H32N8O3. The highest BCUT2D eigenvalue weighted by Crippen LogP contribution is 2.19. The van der Waals surface area contributed by atoms with E-state index in [-0.39, 0.29) is 11.8 Å². The lowest BCUT2D eigenvalue weighted by molar-refractivity contribution is -0.124. The first kappa shape index (κ1) is 27.1. The summed E-state index contributed by atoms with van der Waals surface area (Å²) in [5.41, 5.74) is 2.40. The molecule has 37 heavy (non-hydrogen) atoms. The number of hydrogen-bond donors (Lipinski definition) is 5. The maximum Gasteiger partial charge on any atom is 0.260 e. The molecule has 11 nitrogen and oxygen atoms in total. The molecular weight excluding hydrogens is 472 g/mol. The average molecular weight is 505 g/mol. The van der Waals surface area contributed by atoms with Crippen molar-refractivity contribution in [1.82, 2.24) is 20.3 Å². The number of rotatable bonds is 12. The first-order valence-corrected chi connectivity index (χ1v) is 12.1. The molecule has 0 unspecified atom stereocenters. The van der Waals surface area contributed by atoms with Gasteiger partial charge in [0, 0.05) is 50.0 Å². The first-order chi connectivity index (χ1) is 17.9. The van der Waals surface area contributed by atoms with E-state index in [1.54, 1.807) is 43.6 Å². The van der Waals surface area contributed by atoms with E-state index in [2.05, 4.69) is 41.5 Å². The van der Waals surface area contributed by atoms with Gasteiger partial charge in [0.25, 0.3) is 5.91 Å². The summed E-state index contributed by atoms with van der Waals surface area (Å²) in [6, 6.07) is 9.94. The van der Waals surface area contributed by atoms with Crippen molar-refractivity contribution in [2.75, 3.05) is 34.4 Å². The minimum Gasteiger partial charge on any atom is -0.369 e. The van der Waals surface area contributed by atoms with Crippen LogP contribution in [0.25, 0.3) is 0 Å². The fraction of sp³-hybridized carbons (Fsp3) is 0.308. The first-order valence-electron chi connectivity index (χ1n) is 12.1. The molecule has 0 fully saturated rings. The van der Waals surface area contributed by atoms with Gasteiger partial charge in [0.15, 0.2) is 0 Å². The second-order valence-electron chi connectivity index (χ2n) is 8.36. The Hall–Kier alpha value is -4.54. The number of nitrogens with zero attached hydrogens (tertiary/aromatic N) is 3. The van der Waals surface area contributed by atoms with Gasteiger partial charge in [-0.2, -0.15) is 4.98 Å². The van der Waals surface area contributed by atoms with Crippen LogP contribution < -0.4 is 26.6 Å². The van der Waals surface area contributed by atoms with E-state index in [1.807, 2.05) is 19.1 Å². The number of benzene rings is 1. The Morgan fingerprint density at radius 2 is 1.70 bits per heavy atom. The van der Waals surface area contributed by atoms with Crippen LogP contribution in [-0.4, -0.2) is 51.8 Å². The molecule has 194 valence electrons. The number of hydrogen-bond acceptors (Lipinski definition) is 8. The Labute approximate surface area is 215 Å². The van der Waals surface area contributed by atoms with Crippen LogP contribution in [0.5, 0.6) is 0 Å². The van der Waals surface area contributed by atoms with E-state index >= 15 is 0 Å². The Morgan fingerprint density at radius 3 is 2.41 bits per heavy atom. The van der Waals surface area contributed by atoms with E-state index in [0.29, 0.717) is 41.8 Å². The highest BCUT2D eigenvalue weighted by atomic mass is 16.2. The lowest BCUT2D eigenvalue weighted by Crippen LogP contribution is -2.40. The van der Waals surface area contributed by atoms with Crippen LogP contribution in [0.1, 0.15) is 43.1 Å². The number of carbonyl (C=O) groups excluding carboxylic acids is 3. The van der Waals surface area contributed by atoms with Gasteiger partial charge in [0.2, 0.25) is 17.8 Å². The fourth-order valence-electron chi connectivity index (χ4n) is 3.37. The van der Waals surface area contributed by atoms with Crippen LogP contribution in [0, 0.1) is 0 Å². The molecule has 5 N–H and O–H groups in total. The number of nitrogens with one attached hydrogen (secondary N) is 5. The van der Waals surface area contributed by atoms with Gasteiger partial charge in [0.1, 0.15) is 17.4 Å². The van der Waals surface area contributed by atoms with Gasteiger partial charge in [-0.3, -0.25) is 19.4 Å². The zero-order valence-electron chi connectivity index (χ0n) is 21.2. The van der Waals surface area contributed by atoms with E-state index in [4.69, 9.17) is 0 Å². The molecule has 3 amide bonds. The molecule has 11 heteroatoms. The maximum absolute atomic E-state index is 13.1. The predicted octanol–water partition coefficient (Wildman–Crippen LogP) is 3.06. The van der Waals surface area contributed by atoms with Crippen molar-refractivity contribution < 1.29 is 14.4 Å². The third-order valence-corrected chi connectivity index (χ3v) is 5.22. The molecule has 1 aromatic carbocycles. The van der Waals surface area contributed by atoms with Crippen LogP contribution >= 0.6 is 0 Å². The minimum atomic E-state index is -0.697. The molecule has 0 aliphatic heterocycles. The third kappa shape index (κ3) is 8.57.